The highest BCUT2D eigenvalue weighted by Gasteiger charge is 2.52. The minimum absolute atomic E-state index is 0.0226. The molecule has 0 bridgehead atoms. The summed E-state index contributed by atoms with van der Waals surface area (Å²) in [5, 5.41) is 6.02. The molecule has 2 fully saturated rings. The standard InChI is InChI=1S/C25H42BN5O5/c1-16(2)19(30-22(33)34-23(3,4)5)20(32)31-12-10-11-18(31)15-29-21-27-13-17(14-28-21)26-35-24(6,7)25(8,9)36-26/h13-14,16,18-19H,10-12,15H2,1-9H3,(H,30,33)(H,27,28,29)/t18-,19-/m1/s1. The number of carbonyl (C=O) groups is 2. The molecule has 200 valence electrons. The molecular formula is C25H42BN5O5. The van der Waals surface area contributed by atoms with E-state index in [0.29, 0.717) is 19.0 Å². The van der Waals surface area contributed by atoms with Gasteiger partial charge in [-0.2, -0.15) is 0 Å². The highest BCUT2D eigenvalue weighted by Crippen LogP contribution is 2.36. The molecule has 0 aliphatic carbocycles. The van der Waals surface area contributed by atoms with E-state index in [0.717, 1.165) is 18.3 Å². The Morgan fingerprint density at radius 1 is 1.17 bits per heavy atom. The van der Waals surface area contributed by atoms with Crippen molar-refractivity contribution in [1.29, 1.82) is 0 Å². The van der Waals surface area contributed by atoms with Gasteiger partial charge in [-0.25, -0.2) is 14.8 Å². The molecule has 11 heteroatoms. The molecule has 3 rings (SSSR count). The van der Waals surface area contributed by atoms with E-state index in [1.165, 1.54) is 0 Å². The van der Waals surface area contributed by atoms with E-state index in [-0.39, 0.29) is 17.9 Å². The molecule has 2 aliphatic rings. The van der Waals surface area contributed by atoms with Gasteiger partial charge < -0.3 is 29.6 Å². The number of ether oxygens (including phenoxy) is 1. The maximum Gasteiger partial charge on any atom is 0.498 e. The van der Waals surface area contributed by atoms with Crippen LogP contribution in [0.25, 0.3) is 0 Å². The molecule has 0 spiro atoms. The smallest absolute Gasteiger partial charge is 0.444 e. The van der Waals surface area contributed by atoms with Crippen molar-refractivity contribution in [3.05, 3.63) is 12.4 Å². The lowest BCUT2D eigenvalue weighted by molar-refractivity contribution is -0.135. The summed E-state index contributed by atoms with van der Waals surface area (Å²) in [7, 11) is -0.516. The molecule has 0 aromatic carbocycles. The molecule has 1 aromatic heterocycles. The fourth-order valence-electron chi connectivity index (χ4n) is 4.20. The van der Waals surface area contributed by atoms with E-state index in [4.69, 9.17) is 14.0 Å². The minimum Gasteiger partial charge on any atom is -0.444 e. The van der Waals surface area contributed by atoms with Gasteiger partial charge in [0.25, 0.3) is 0 Å². The Labute approximate surface area is 215 Å². The molecular weight excluding hydrogens is 461 g/mol. The second kappa shape index (κ2) is 10.5. The molecule has 3 heterocycles. The van der Waals surface area contributed by atoms with Gasteiger partial charge in [-0.1, -0.05) is 13.8 Å². The Bertz CT molecular complexity index is 916. The van der Waals surface area contributed by atoms with Crippen LogP contribution in [0.5, 0.6) is 0 Å². The predicted molar refractivity (Wildman–Crippen MR) is 139 cm³/mol. The number of alkyl carbamates (subject to hydrolysis) is 1. The third-order valence-corrected chi connectivity index (χ3v) is 6.96. The van der Waals surface area contributed by atoms with Crippen LogP contribution in [0.15, 0.2) is 12.4 Å². The molecule has 2 amide bonds. The highest BCUT2D eigenvalue weighted by atomic mass is 16.7. The maximum atomic E-state index is 13.4. The molecule has 2 atom stereocenters. The van der Waals surface area contributed by atoms with Gasteiger partial charge in [-0.05, 0) is 67.2 Å². The number of anilines is 1. The first-order valence-electron chi connectivity index (χ1n) is 12.8. The molecule has 36 heavy (non-hydrogen) atoms. The van der Waals surface area contributed by atoms with Crippen LogP contribution in [0.3, 0.4) is 0 Å². The van der Waals surface area contributed by atoms with E-state index in [1.54, 1.807) is 33.2 Å². The molecule has 0 radical (unpaired) electrons. The van der Waals surface area contributed by atoms with Crippen LogP contribution < -0.4 is 16.1 Å². The Hall–Kier alpha value is -2.40. The zero-order valence-electron chi connectivity index (χ0n) is 23.2. The summed E-state index contributed by atoms with van der Waals surface area (Å²) < 4.78 is 17.5. The topological polar surface area (TPSA) is 115 Å². The van der Waals surface area contributed by atoms with Gasteiger partial charge in [0.1, 0.15) is 11.6 Å². The molecule has 0 saturated carbocycles. The van der Waals surface area contributed by atoms with E-state index >= 15 is 0 Å². The molecule has 10 nitrogen and oxygen atoms in total. The quantitative estimate of drug-likeness (QED) is 0.546. The van der Waals surface area contributed by atoms with Gasteiger partial charge in [-0.3, -0.25) is 4.79 Å². The lowest BCUT2D eigenvalue weighted by Gasteiger charge is -2.32. The van der Waals surface area contributed by atoms with Crippen molar-refractivity contribution in [1.82, 2.24) is 20.2 Å². The number of aromatic nitrogens is 2. The second-order valence-corrected chi connectivity index (χ2v) is 12.0. The lowest BCUT2D eigenvalue weighted by atomic mass is 9.81. The van der Waals surface area contributed by atoms with Crippen molar-refractivity contribution in [2.45, 2.75) is 104 Å². The van der Waals surface area contributed by atoms with Crippen molar-refractivity contribution in [2.75, 3.05) is 18.4 Å². The first-order chi connectivity index (χ1) is 16.6. The normalized spacial score (nSPS) is 22.0. The van der Waals surface area contributed by atoms with Gasteiger partial charge in [0, 0.05) is 37.0 Å². The van der Waals surface area contributed by atoms with E-state index in [2.05, 4.69) is 20.6 Å². The number of amides is 2. The van der Waals surface area contributed by atoms with Gasteiger partial charge >= 0.3 is 13.2 Å². The van der Waals surface area contributed by atoms with Gasteiger partial charge in [0.15, 0.2) is 0 Å². The van der Waals surface area contributed by atoms with Crippen LogP contribution in [0.1, 0.15) is 75.2 Å². The number of likely N-dealkylation sites (tertiary alicyclic amines) is 1. The predicted octanol–water partition coefficient (Wildman–Crippen LogP) is 2.73. The van der Waals surface area contributed by atoms with Crippen LogP contribution in [0.2, 0.25) is 0 Å². The van der Waals surface area contributed by atoms with Crippen molar-refractivity contribution in [2.24, 2.45) is 5.92 Å². The first-order valence-corrected chi connectivity index (χ1v) is 12.8. The zero-order chi connectivity index (χ0) is 26.9. The average molecular weight is 503 g/mol. The number of hydrogen-bond acceptors (Lipinski definition) is 8. The van der Waals surface area contributed by atoms with Crippen molar-refractivity contribution in [3.63, 3.8) is 0 Å². The fraction of sp³-hybridized carbons (Fsp3) is 0.760. The van der Waals surface area contributed by atoms with Crippen LogP contribution in [0.4, 0.5) is 10.7 Å². The van der Waals surface area contributed by atoms with E-state index < -0.39 is 36.1 Å². The van der Waals surface area contributed by atoms with Crippen molar-refractivity contribution in [3.8, 4) is 0 Å². The van der Waals surface area contributed by atoms with Crippen LogP contribution >= 0.6 is 0 Å². The van der Waals surface area contributed by atoms with E-state index in [1.807, 2.05) is 46.4 Å². The number of hydrogen-bond donors (Lipinski definition) is 2. The van der Waals surface area contributed by atoms with Gasteiger partial charge in [0.05, 0.1) is 11.2 Å². The zero-order valence-corrected chi connectivity index (χ0v) is 23.2. The number of carbonyl (C=O) groups excluding carboxylic acids is 2. The van der Waals surface area contributed by atoms with Crippen LogP contribution in [-0.4, -0.2) is 76.0 Å². The second-order valence-electron chi connectivity index (χ2n) is 12.0. The highest BCUT2D eigenvalue weighted by molar-refractivity contribution is 6.61. The monoisotopic (exact) mass is 503 g/mol. The molecule has 2 N–H and O–H groups in total. The Kier molecular flexibility index (Phi) is 8.25. The summed E-state index contributed by atoms with van der Waals surface area (Å²) in [6.07, 6.45) is 4.58. The van der Waals surface area contributed by atoms with Crippen molar-refractivity contribution < 1.29 is 23.6 Å². The molecule has 1 aromatic rings. The summed E-state index contributed by atoms with van der Waals surface area (Å²) in [5.41, 5.74) is -0.740. The Morgan fingerprint density at radius 2 is 1.75 bits per heavy atom. The number of nitrogens with one attached hydrogen (secondary N) is 2. The maximum absolute atomic E-state index is 13.4. The summed E-state index contributed by atoms with van der Waals surface area (Å²) in [6.45, 7) is 18.4. The first kappa shape index (κ1) is 28.2. The number of nitrogens with zero attached hydrogens (tertiary/aromatic N) is 3. The SMILES string of the molecule is CC(C)[C@@H](NC(=O)OC(C)(C)C)C(=O)N1CCC[C@@H]1CNc1ncc(B2OC(C)(C)C(C)(C)O2)cn1. The third-order valence-electron chi connectivity index (χ3n) is 6.96. The molecule has 2 saturated heterocycles. The summed E-state index contributed by atoms with van der Waals surface area (Å²) >= 11 is 0. The summed E-state index contributed by atoms with van der Waals surface area (Å²) in [6, 6.07) is -0.679. The largest absolute Gasteiger partial charge is 0.498 e. The van der Waals surface area contributed by atoms with Gasteiger partial charge in [0.2, 0.25) is 11.9 Å². The fourth-order valence-corrected chi connectivity index (χ4v) is 4.20. The lowest BCUT2D eigenvalue weighted by Crippen LogP contribution is -2.54. The molecule has 0 unspecified atom stereocenters. The Morgan fingerprint density at radius 3 is 2.28 bits per heavy atom. The van der Waals surface area contributed by atoms with Crippen LogP contribution in [-0.2, 0) is 18.8 Å². The van der Waals surface area contributed by atoms with Crippen LogP contribution in [0, 0.1) is 5.92 Å². The Balaban J connectivity index is 1.58. The van der Waals surface area contributed by atoms with E-state index in [9.17, 15) is 9.59 Å². The number of rotatable bonds is 7. The third kappa shape index (κ3) is 6.67. The van der Waals surface area contributed by atoms with Gasteiger partial charge in [-0.15, -0.1) is 0 Å². The minimum atomic E-state index is -0.657. The van der Waals surface area contributed by atoms with Crippen molar-refractivity contribution >= 4 is 30.5 Å². The summed E-state index contributed by atoms with van der Waals surface area (Å²) in [5.74, 6) is 0.295. The average Bonchev–Trinajstić information content (AvgIpc) is 3.30. The molecule has 2 aliphatic heterocycles. The summed E-state index contributed by atoms with van der Waals surface area (Å²) in [4.78, 5) is 36.4.